The molecular formula is C16H31NO3. The SMILES string of the molecule is C/C=C/C(=O)OCCN(CC)CC(O)CCCCCC. The van der Waals surface area contributed by atoms with E-state index in [1.165, 1.54) is 25.3 Å². The van der Waals surface area contributed by atoms with Gasteiger partial charge in [-0.15, -0.1) is 0 Å². The summed E-state index contributed by atoms with van der Waals surface area (Å²) in [6.45, 7) is 8.58. The predicted molar refractivity (Wildman–Crippen MR) is 82.7 cm³/mol. The van der Waals surface area contributed by atoms with Crippen molar-refractivity contribution < 1.29 is 14.6 Å². The van der Waals surface area contributed by atoms with E-state index in [-0.39, 0.29) is 12.1 Å². The van der Waals surface area contributed by atoms with Gasteiger partial charge in [0.1, 0.15) is 6.61 Å². The second kappa shape index (κ2) is 13.1. The van der Waals surface area contributed by atoms with Crippen molar-refractivity contribution in [2.24, 2.45) is 0 Å². The lowest BCUT2D eigenvalue weighted by Gasteiger charge is -2.23. The molecule has 0 radical (unpaired) electrons. The van der Waals surface area contributed by atoms with Crippen molar-refractivity contribution in [3.63, 3.8) is 0 Å². The molecule has 1 unspecified atom stereocenters. The van der Waals surface area contributed by atoms with Crippen LogP contribution in [-0.2, 0) is 9.53 Å². The van der Waals surface area contributed by atoms with E-state index in [9.17, 15) is 9.90 Å². The minimum Gasteiger partial charge on any atom is -0.461 e. The van der Waals surface area contributed by atoms with Crippen molar-refractivity contribution in [1.29, 1.82) is 0 Å². The molecule has 20 heavy (non-hydrogen) atoms. The molecule has 118 valence electrons. The summed E-state index contributed by atoms with van der Waals surface area (Å²) >= 11 is 0. The molecule has 0 fully saturated rings. The smallest absolute Gasteiger partial charge is 0.330 e. The van der Waals surface area contributed by atoms with Gasteiger partial charge in [0.05, 0.1) is 6.10 Å². The molecule has 0 aliphatic heterocycles. The maximum atomic E-state index is 11.2. The van der Waals surface area contributed by atoms with Crippen molar-refractivity contribution in [3.05, 3.63) is 12.2 Å². The van der Waals surface area contributed by atoms with E-state index < -0.39 is 0 Å². The van der Waals surface area contributed by atoms with E-state index in [0.717, 1.165) is 19.4 Å². The van der Waals surface area contributed by atoms with Gasteiger partial charge in [-0.1, -0.05) is 45.6 Å². The Morgan fingerprint density at radius 2 is 2.05 bits per heavy atom. The molecule has 0 aliphatic rings. The summed E-state index contributed by atoms with van der Waals surface area (Å²) in [6, 6.07) is 0. The zero-order chi connectivity index (χ0) is 15.2. The monoisotopic (exact) mass is 285 g/mol. The number of nitrogens with zero attached hydrogens (tertiary/aromatic N) is 1. The van der Waals surface area contributed by atoms with Crippen molar-refractivity contribution in [3.8, 4) is 0 Å². The van der Waals surface area contributed by atoms with Crippen LogP contribution in [0.15, 0.2) is 12.2 Å². The third kappa shape index (κ3) is 11.0. The Bertz CT molecular complexity index is 266. The lowest BCUT2D eigenvalue weighted by molar-refractivity contribution is -0.138. The molecule has 1 atom stereocenters. The standard InChI is InChI=1S/C16H31NO3/c1-4-7-8-9-11-15(18)14-17(6-3)12-13-20-16(19)10-5-2/h5,10,15,18H,4,6-9,11-14H2,1-3H3/b10-5+. The molecule has 1 N–H and O–H groups in total. The number of likely N-dealkylation sites (N-methyl/N-ethyl adjacent to an activating group) is 1. The molecule has 0 aromatic rings. The Morgan fingerprint density at radius 1 is 1.30 bits per heavy atom. The normalized spacial score (nSPS) is 13.1. The summed E-state index contributed by atoms with van der Waals surface area (Å²) in [5.74, 6) is -0.302. The fourth-order valence-corrected chi connectivity index (χ4v) is 2.03. The van der Waals surface area contributed by atoms with E-state index in [4.69, 9.17) is 4.74 Å². The quantitative estimate of drug-likeness (QED) is 0.340. The molecule has 0 saturated carbocycles. The first-order chi connectivity index (χ1) is 9.63. The second-order valence-electron chi connectivity index (χ2n) is 5.06. The summed E-state index contributed by atoms with van der Waals surface area (Å²) in [7, 11) is 0. The molecule has 0 rings (SSSR count). The Balaban J connectivity index is 3.76. The number of allylic oxidation sites excluding steroid dienone is 1. The van der Waals surface area contributed by atoms with Crippen LogP contribution in [0.5, 0.6) is 0 Å². The van der Waals surface area contributed by atoms with E-state index in [0.29, 0.717) is 19.7 Å². The van der Waals surface area contributed by atoms with Gasteiger partial charge in [-0.2, -0.15) is 0 Å². The number of esters is 1. The number of aliphatic hydroxyl groups excluding tert-OH is 1. The molecule has 0 bridgehead atoms. The van der Waals surface area contributed by atoms with E-state index in [2.05, 4.69) is 18.7 Å². The van der Waals surface area contributed by atoms with Crippen LogP contribution < -0.4 is 0 Å². The van der Waals surface area contributed by atoms with Gasteiger partial charge in [-0.3, -0.25) is 4.90 Å². The molecule has 0 aromatic carbocycles. The number of hydrogen-bond acceptors (Lipinski definition) is 4. The van der Waals surface area contributed by atoms with Crippen molar-refractivity contribution in [2.75, 3.05) is 26.2 Å². The zero-order valence-electron chi connectivity index (χ0n) is 13.3. The second-order valence-corrected chi connectivity index (χ2v) is 5.06. The predicted octanol–water partition coefficient (Wildman–Crippen LogP) is 2.76. The fourth-order valence-electron chi connectivity index (χ4n) is 2.03. The highest BCUT2D eigenvalue weighted by Crippen LogP contribution is 2.06. The lowest BCUT2D eigenvalue weighted by Crippen LogP contribution is -2.35. The van der Waals surface area contributed by atoms with Crippen LogP contribution in [0.3, 0.4) is 0 Å². The largest absolute Gasteiger partial charge is 0.461 e. The molecule has 0 aromatic heterocycles. The summed E-state index contributed by atoms with van der Waals surface area (Å²) in [4.78, 5) is 13.3. The van der Waals surface area contributed by atoms with Gasteiger partial charge in [0, 0.05) is 19.2 Å². The van der Waals surface area contributed by atoms with Gasteiger partial charge in [0.2, 0.25) is 0 Å². The number of hydrogen-bond donors (Lipinski definition) is 1. The third-order valence-corrected chi connectivity index (χ3v) is 3.26. The number of unbranched alkanes of at least 4 members (excludes halogenated alkanes) is 3. The van der Waals surface area contributed by atoms with E-state index >= 15 is 0 Å². The van der Waals surface area contributed by atoms with E-state index in [1.807, 2.05) is 0 Å². The maximum Gasteiger partial charge on any atom is 0.330 e. The highest BCUT2D eigenvalue weighted by atomic mass is 16.5. The number of ether oxygens (including phenoxy) is 1. The van der Waals surface area contributed by atoms with Crippen LogP contribution in [0.25, 0.3) is 0 Å². The minimum atomic E-state index is -0.302. The lowest BCUT2D eigenvalue weighted by atomic mass is 10.1. The maximum absolute atomic E-state index is 11.2. The number of carbonyl (C=O) groups excluding carboxylic acids is 1. The third-order valence-electron chi connectivity index (χ3n) is 3.26. The molecule has 4 heteroatoms. The number of rotatable bonds is 12. The number of aliphatic hydroxyl groups is 1. The van der Waals surface area contributed by atoms with Crippen LogP contribution in [0, 0.1) is 0 Å². The van der Waals surface area contributed by atoms with Crippen molar-refractivity contribution >= 4 is 5.97 Å². The molecule has 0 heterocycles. The van der Waals surface area contributed by atoms with Crippen LogP contribution in [0.2, 0.25) is 0 Å². The number of carbonyl (C=O) groups is 1. The summed E-state index contributed by atoms with van der Waals surface area (Å²) in [6.07, 6.45) is 8.40. The molecule has 0 saturated heterocycles. The highest BCUT2D eigenvalue weighted by molar-refractivity contribution is 5.81. The molecule has 0 amide bonds. The minimum absolute atomic E-state index is 0.280. The van der Waals surface area contributed by atoms with Crippen LogP contribution in [0.1, 0.15) is 52.9 Å². The van der Waals surface area contributed by atoms with Crippen LogP contribution in [0.4, 0.5) is 0 Å². The van der Waals surface area contributed by atoms with Crippen LogP contribution >= 0.6 is 0 Å². The fraction of sp³-hybridized carbons (Fsp3) is 0.812. The van der Waals surface area contributed by atoms with Crippen molar-refractivity contribution in [1.82, 2.24) is 4.90 Å². The molecule has 4 nitrogen and oxygen atoms in total. The van der Waals surface area contributed by atoms with Gasteiger partial charge < -0.3 is 9.84 Å². The van der Waals surface area contributed by atoms with Gasteiger partial charge in [-0.05, 0) is 19.9 Å². The first kappa shape index (κ1) is 19.1. The highest BCUT2D eigenvalue weighted by Gasteiger charge is 2.10. The first-order valence-corrected chi connectivity index (χ1v) is 7.83. The average molecular weight is 285 g/mol. The molecular weight excluding hydrogens is 254 g/mol. The zero-order valence-corrected chi connectivity index (χ0v) is 13.3. The summed E-state index contributed by atoms with van der Waals surface area (Å²) in [5.41, 5.74) is 0. The van der Waals surface area contributed by atoms with Crippen LogP contribution in [-0.4, -0.2) is 48.3 Å². The Kier molecular flexibility index (Phi) is 12.6. The summed E-state index contributed by atoms with van der Waals surface area (Å²) < 4.78 is 5.06. The van der Waals surface area contributed by atoms with E-state index in [1.54, 1.807) is 13.0 Å². The van der Waals surface area contributed by atoms with Crippen molar-refractivity contribution in [2.45, 2.75) is 59.0 Å². The van der Waals surface area contributed by atoms with Gasteiger partial charge >= 0.3 is 5.97 Å². The first-order valence-electron chi connectivity index (χ1n) is 7.83. The molecule has 0 aliphatic carbocycles. The summed E-state index contributed by atoms with van der Waals surface area (Å²) in [5, 5.41) is 9.98. The van der Waals surface area contributed by atoms with Gasteiger partial charge in [-0.25, -0.2) is 4.79 Å². The Hall–Kier alpha value is -0.870. The Labute approximate surface area is 123 Å². The average Bonchev–Trinajstić information content (AvgIpc) is 2.43. The Morgan fingerprint density at radius 3 is 2.65 bits per heavy atom. The van der Waals surface area contributed by atoms with Gasteiger partial charge in [0.15, 0.2) is 0 Å². The van der Waals surface area contributed by atoms with Gasteiger partial charge in [0.25, 0.3) is 0 Å². The topological polar surface area (TPSA) is 49.8 Å². The molecule has 0 spiro atoms.